The lowest BCUT2D eigenvalue weighted by Crippen LogP contribution is -2.38. The molecule has 0 bridgehead atoms. The van der Waals surface area contributed by atoms with Crippen LogP contribution in [0.3, 0.4) is 0 Å². The van der Waals surface area contributed by atoms with Crippen molar-refractivity contribution in [2.75, 3.05) is 7.11 Å². The van der Waals surface area contributed by atoms with Gasteiger partial charge in [0, 0.05) is 5.56 Å². The highest BCUT2D eigenvalue weighted by molar-refractivity contribution is 9.10. The highest BCUT2D eigenvalue weighted by Gasteiger charge is 2.39. The second kappa shape index (κ2) is 5.32. The van der Waals surface area contributed by atoms with Gasteiger partial charge in [0.2, 0.25) is 0 Å². The Labute approximate surface area is 112 Å². The molecule has 0 aliphatic rings. The van der Waals surface area contributed by atoms with Crippen molar-refractivity contribution in [3.63, 3.8) is 0 Å². The maximum Gasteiger partial charge on any atom is 0.313 e. The largest absolute Gasteiger partial charge is 0.469 e. The molecule has 0 spiro atoms. The van der Waals surface area contributed by atoms with Crippen LogP contribution in [-0.2, 0) is 9.53 Å². The third-order valence-electron chi connectivity index (χ3n) is 2.88. The molecule has 0 fully saturated rings. The van der Waals surface area contributed by atoms with E-state index in [1.54, 1.807) is 0 Å². The van der Waals surface area contributed by atoms with Crippen molar-refractivity contribution in [1.82, 2.24) is 0 Å². The van der Waals surface area contributed by atoms with E-state index in [2.05, 4.69) is 20.7 Å². The van der Waals surface area contributed by atoms with Crippen LogP contribution in [0.5, 0.6) is 0 Å². The number of benzene rings is 1. The number of nitrogens with two attached hydrogens (primary N) is 1. The Balaban J connectivity index is 3.31. The Morgan fingerprint density at radius 3 is 2.50 bits per heavy atom. The van der Waals surface area contributed by atoms with E-state index < -0.39 is 29.1 Å². The number of carbonyl (C=O) groups is 1. The van der Waals surface area contributed by atoms with Crippen LogP contribution in [0.2, 0.25) is 0 Å². The minimum atomic E-state index is -1.24. The van der Waals surface area contributed by atoms with Gasteiger partial charge in [-0.1, -0.05) is 0 Å². The Morgan fingerprint density at radius 2 is 2.00 bits per heavy atom. The van der Waals surface area contributed by atoms with Crippen molar-refractivity contribution in [2.24, 2.45) is 11.1 Å². The predicted octanol–water partition coefficient (Wildman–Crippen LogP) is 2.93. The van der Waals surface area contributed by atoms with Crippen molar-refractivity contribution in [3.05, 3.63) is 33.8 Å². The van der Waals surface area contributed by atoms with Gasteiger partial charge in [-0.2, -0.15) is 0 Å². The third kappa shape index (κ3) is 2.54. The molecule has 0 unspecified atom stereocenters. The molecule has 0 amide bonds. The summed E-state index contributed by atoms with van der Waals surface area (Å²) < 4.78 is 32.3. The first-order valence-corrected chi connectivity index (χ1v) is 6.00. The van der Waals surface area contributed by atoms with E-state index in [0.717, 1.165) is 6.07 Å². The number of halogens is 3. The predicted molar refractivity (Wildman–Crippen MR) is 66.8 cm³/mol. The molecular weight excluding hydrogens is 308 g/mol. The van der Waals surface area contributed by atoms with Gasteiger partial charge >= 0.3 is 5.97 Å². The molecule has 0 heterocycles. The van der Waals surface area contributed by atoms with E-state index in [1.165, 1.54) is 27.0 Å². The van der Waals surface area contributed by atoms with Crippen LogP contribution in [0.4, 0.5) is 8.78 Å². The summed E-state index contributed by atoms with van der Waals surface area (Å²) >= 11 is 2.96. The molecule has 2 N–H and O–H groups in total. The average Bonchev–Trinajstić information content (AvgIpc) is 2.33. The Kier molecular flexibility index (Phi) is 4.45. The third-order valence-corrected chi connectivity index (χ3v) is 3.49. The van der Waals surface area contributed by atoms with Gasteiger partial charge in [0.1, 0.15) is 11.6 Å². The number of hydrogen-bond acceptors (Lipinski definition) is 3. The second-order valence-corrected chi connectivity index (χ2v) is 5.30. The lowest BCUT2D eigenvalue weighted by molar-refractivity contribution is -0.152. The minimum absolute atomic E-state index is 0.0926. The van der Waals surface area contributed by atoms with Gasteiger partial charge in [-0.3, -0.25) is 4.79 Å². The normalized spacial score (nSPS) is 13.3. The van der Waals surface area contributed by atoms with Gasteiger partial charge in [0.25, 0.3) is 0 Å². The second-order valence-electron chi connectivity index (χ2n) is 4.45. The molecular formula is C12H14BrF2NO2. The molecule has 0 aliphatic carbocycles. The molecule has 3 nitrogen and oxygen atoms in total. The maximum absolute atomic E-state index is 13.9. The molecule has 100 valence electrons. The van der Waals surface area contributed by atoms with Crippen LogP contribution in [0.15, 0.2) is 16.6 Å². The van der Waals surface area contributed by atoms with Crippen LogP contribution < -0.4 is 5.73 Å². The standard InChI is InChI=1S/C12H14BrF2NO2/c1-12(2,11(17)18-3)10(16)8-7(14)5-4-6(13)9(8)15/h4-5,10H,16H2,1-3H3/t10-/m0/s1. The fraction of sp³-hybridized carbons (Fsp3) is 0.417. The lowest BCUT2D eigenvalue weighted by Gasteiger charge is -2.29. The quantitative estimate of drug-likeness (QED) is 0.688. The molecule has 0 saturated carbocycles. The van der Waals surface area contributed by atoms with Crippen molar-refractivity contribution in [1.29, 1.82) is 0 Å². The number of methoxy groups -OCH3 is 1. The summed E-state index contributed by atoms with van der Waals surface area (Å²) in [5, 5.41) is 0. The maximum atomic E-state index is 13.9. The fourth-order valence-corrected chi connectivity index (χ4v) is 1.92. The van der Waals surface area contributed by atoms with Crippen molar-refractivity contribution >= 4 is 21.9 Å². The van der Waals surface area contributed by atoms with Crippen molar-refractivity contribution in [2.45, 2.75) is 19.9 Å². The number of esters is 1. The Morgan fingerprint density at radius 1 is 1.44 bits per heavy atom. The molecule has 6 heteroatoms. The number of rotatable bonds is 3. The van der Waals surface area contributed by atoms with Gasteiger partial charge in [0.05, 0.1) is 23.0 Å². The highest BCUT2D eigenvalue weighted by atomic mass is 79.9. The zero-order valence-corrected chi connectivity index (χ0v) is 11.8. The van der Waals surface area contributed by atoms with Gasteiger partial charge < -0.3 is 10.5 Å². The molecule has 1 atom stereocenters. The van der Waals surface area contributed by atoms with Gasteiger partial charge in [-0.15, -0.1) is 0 Å². The summed E-state index contributed by atoms with van der Waals surface area (Å²) in [6.45, 7) is 2.95. The van der Waals surface area contributed by atoms with Crippen molar-refractivity contribution < 1.29 is 18.3 Å². The molecule has 0 aliphatic heterocycles. The van der Waals surface area contributed by atoms with Crippen LogP contribution in [0.1, 0.15) is 25.5 Å². The lowest BCUT2D eigenvalue weighted by atomic mass is 9.80. The minimum Gasteiger partial charge on any atom is -0.469 e. The van der Waals surface area contributed by atoms with Crippen LogP contribution in [0, 0.1) is 17.0 Å². The zero-order valence-electron chi connectivity index (χ0n) is 10.3. The monoisotopic (exact) mass is 321 g/mol. The van der Waals surface area contributed by atoms with E-state index in [1.807, 2.05) is 0 Å². The molecule has 1 aromatic carbocycles. The van der Waals surface area contributed by atoms with Crippen molar-refractivity contribution in [3.8, 4) is 0 Å². The zero-order chi connectivity index (χ0) is 14.1. The summed E-state index contributed by atoms with van der Waals surface area (Å²) in [5.41, 5.74) is 4.25. The first-order valence-electron chi connectivity index (χ1n) is 5.20. The van der Waals surface area contributed by atoms with E-state index in [-0.39, 0.29) is 10.0 Å². The first-order chi connectivity index (χ1) is 8.23. The van der Waals surface area contributed by atoms with Crippen LogP contribution in [0.25, 0.3) is 0 Å². The SMILES string of the molecule is COC(=O)C(C)(C)[C@@H](N)c1c(F)ccc(Br)c1F. The summed E-state index contributed by atoms with van der Waals surface area (Å²) in [4.78, 5) is 11.6. The summed E-state index contributed by atoms with van der Waals surface area (Å²) in [6, 6.07) is 1.18. The van der Waals surface area contributed by atoms with Gasteiger partial charge in [-0.25, -0.2) is 8.78 Å². The first kappa shape index (κ1) is 15.0. The molecule has 18 heavy (non-hydrogen) atoms. The summed E-state index contributed by atoms with van der Waals surface area (Å²) in [7, 11) is 1.20. The van der Waals surface area contributed by atoms with E-state index in [4.69, 9.17) is 5.73 Å². The topological polar surface area (TPSA) is 52.3 Å². The van der Waals surface area contributed by atoms with E-state index in [9.17, 15) is 13.6 Å². The Bertz CT molecular complexity index is 477. The van der Waals surface area contributed by atoms with Gasteiger partial charge in [-0.05, 0) is 41.9 Å². The number of hydrogen-bond donors (Lipinski definition) is 1. The summed E-state index contributed by atoms with van der Waals surface area (Å²) in [6.07, 6.45) is 0. The van der Waals surface area contributed by atoms with Gasteiger partial charge in [0.15, 0.2) is 0 Å². The molecule has 1 aromatic rings. The van der Waals surface area contributed by atoms with E-state index in [0.29, 0.717) is 0 Å². The average molecular weight is 322 g/mol. The number of carbonyl (C=O) groups excluding carboxylic acids is 1. The van der Waals surface area contributed by atoms with Crippen LogP contribution in [-0.4, -0.2) is 13.1 Å². The molecule has 1 rings (SSSR count). The summed E-state index contributed by atoms with van der Waals surface area (Å²) in [5.74, 6) is -2.23. The Hall–Kier alpha value is -1.01. The fourth-order valence-electron chi connectivity index (χ4n) is 1.58. The van der Waals surface area contributed by atoms with E-state index >= 15 is 0 Å². The van der Waals surface area contributed by atoms with Crippen LogP contribution >= 0.6 is 15.9 Å². The number of ether oxygens (including phenoxy) is 1. The molecule has 0 aromatic heterocycles. The highest BCUT2D eigenvalue weighted by Crippen LogP contribution is 2.36. The molecule has 0 saturated heterocycles. The smallest absolute Gasteiger partial charge is 0.313 e. The molecule has 0 radical (unpaired) electrons.